The first-order valence-corrected chi connectivity index (χ1v) is 22.9. The second-order valence-electron chi connectivity index (χ2n) is 18.3. The van der Waals surface area contributed by atoms with Crippen LogP contribution in [0.25, 0.3) is 22.3 Å². The molecule has 0 bridgehead atoms. The number of likely N-dealkylation sites (N-methyl/N-ethyl adjacent to an activating group) is 3. The zero-order chi connectivity index (χ0) is 46.9. The predicted molar refractivity (Wildman–Crippen MR) is 243 cm³/mol. The van der Waals surface area contributed by atoms with Crippen LogP contribution >= 0.6 is 0 Å². The molecule has 1 aromatic carbocycles. The topological polar surface area (TPSA) is 221 Å². The molecule has 65 heavy (non-hydrogen) atoms. The SMILES string of the molecule is CCc1c2c(nc3ccccc13)-c1cc3c(c(=O)n1C2)COC(=O)[C@@]3(CC)OC(=O)[C@@H]([NH+]=C1[C@@H]2CCCN2C(=O)[C@H](CC(N)=O)N1C(=O)CN(C)CCN(C)CCN(C)CCN)C(C)C. The smallest absolute Gasteiger partial charge is 0.355 e. The van der Waals surface area contributed by atoms with Crippen molar-refractivity contribution in [3.8, 4) is 11.4 Å². The molecule has 0 radical (unpaired) electrons. The molecular formula is C47H65N10O8+. The number of amides is 3. The maximum atomic E-state index is 14.9. The summed E-state index contributed by atoms with van der Waals surface area (Å²) in [6.45, 7) is 11.9. The van der Waals surface area contributed by atoms with Gasteiger partial charge < -0.3 is 40.2 Å². The Kier molecular flexibility index (Phi) is 14.2. The van der Waals surface area contributed by atoms with Crippen LogP contribution in [0, 0.1) is 5.92 Å². The minimum absolute atomic E-state index is 0.0464. The van der Waals surface area contributed by atoms with Crippen LogP contribution in [0.4, 0.5) is 0 Å². The van der Waals surface area contributed by atoms with Gasteiger partial charge in [0.25, 0.3) is 17.3 Å². The van der Waals surface area contributed by atoms with E-state index in [1.807, 2.05) is 50.3 Å². The van der Waals surface area contributed by atoms with Crippen LogP contribution in [-0.4, -0.2) is 161 Å². The molecule has 0 unspecified atom stereocenters. The molecule has 2 aromatic heterocycles. The van der Waals surface area contributed by atoms with Gasteiger partial charge in [0.2, 0.25) is 11.5 Å². The number of carbonyl (C=O) groups excluding carboxylic acids is 5. The number of piperazine rings is 1. The number of primary amides is 1. The Morgan fingerprint density at radius 2 is 1.69 bits per heavy atom. The summed E-state index contributed by atoms with van der Waals surface area (Å²) in [5.74, 6) is -3.41. The molecule has 18 heteroatoms. The Bertz CT molecular complexity index is 2450. The van der Waals surface area contributed by atoms with Gasteiger partial charge in [0.05, 0.1) is 35.4 Å². The number of benzene rings is 1. The number of rotatable bonds is 18. The average Bonchev–Trinajstić information content (AvgIpc) is 3.91. The molecule has 4 atom stereocenters. The van der Waals surface area contributed by atoms with Gasteiger partial charge >= 0.3 is 17.8 Å². The number of fused-ring (bicyclic) bond motifs is 6. The van der Waals surface area contributed by atoms with Crippen LogP contribution in [0.2, 0.25) is 0 Å². The van der Waals surface area contributed by atoms with Gasteiger partial charge in [-0.05, 0) is 64.5 Å². The summed E-state index contributed by atoms with van der Waals surface area (Å²) in [6, 6.07) is 6.58. The lowest BCUT2D eigenvalue weighted by atomic mass is 9.85. The molecule has 5 N–H and O–H groups in total. The number of ether oxygens (including phenoxy) is 2. The van der Waals surface area contributed by atoms with Crippen LogP contribution in [0.3, 0.4) is 0 Å². The fourth-order valence-corrected chi connectivity index (χ4v) is 9.87. The molecule has 2 fully saturated rings. The quantitative estimate of drug-likeness (QED) is 0.108. The number of nitrogens with two attached hydrogens (primary N) is 2. The van der Waals surface area contributed by atoms with Gasteiger partial charge in [-0.25, -0.2) is 19.4 Å². The molecule has 3 amide bonds. The highest BCUT2D eigenvalue weighted by Gasteiger charge is 2.56. The lowest BCUT2D eigenvalue weighted by molar-refractivity contribution is -0.507. The van der Waals surface area contributed by atoms with E-state index in [1.54, 1.807) is 36.3 Å². The Morgan fingerprint density at radius 1 is 1.00 bits per heavy atom. The van der Waals surface area contributed by atoms with E-state index >= 15 is 0 Å². The number of amidine groups is 1. The molecular weight excluding hydrogens is 833 g/mol. The van der Waals surface area contributed by atoms with E-state index in [1.165, 1.54) is 4.90 Å². The van der Waals surface area contributed by atoms with Crippen molar-refractivity contribution in [3.63, 3.8) is 0 Å². The number of pyridine rings is 2. The maximum Gasteiger partial charge on any atom is 0.355 e. The van der Waals surface area contributed by atoms with E-state index < -0.39 is 65.7 Å². The van der Waals surface area contributed by atoms with E-state index in [0.717, 1.165) is 48.1 Å². The van der Waals surface area contributed by atoms with E-state index in [4.69, 9.17) is 25.9 Å². The summed E-state index contributed by atoms with van der Waals surface area (Å²) in [4.78, 5) is 102. The fraction of sp³-hybridized carbons (Fsp3) is 0.574. The van der Waals surface area contributed by atoms with E-state index in [2.05, 4.69) is 21.7 Å². The van der Waals surface area contributed by atoms with Crippen LogP contribution < -0.4 is 22.0 Å². The van der Waals surface area contributed by atoms with Crippen molar-refractivity contribution in [1.82, 2.24) is 34.1 Å². The number of esters is 2. The Morgan fingerprint density at radius 3 is 2.35 bits per heavy atom. The van der Waals surface area contributed by atoms with Crippen LogP contribution in [-0.2, 0) is 58.6 Å². The van der Waals surface area contributed by atoms with Crippen LogP contribution in [0.5, 0.6) is 0 Å². The van der Waals surface area contributed by atoms with Crippen LogP contribution in [0.15, 0.2) is 35.1 Å². The Hall–Kier alpha value is -5.56. The summed E-state index contributed by atoms with van der Waals surface area (Å²) < 4.78 is 13.7. The van der Waals surface area contributed by atoms with Gasteiger partial charge in [0, 0.05) is 68.2 Å². The molecule has 0 aliphatic carbocycles. The number of nitrogens with zero attached hydrogens (tertiary/aromatic N) is 7. The van der Waals surface area contributed by atoms with Crippen LogP contribution in [0.1, 0.15) is 75.6 Å². The highest BCUT2D eigenvalue weighted by atomic mass is 16.6. The normalized spacial score (nSPS) is 21.3. The maximum absolute atomic E-state index is 14.9. The van der Waals surface area contributed by atoms with E-state index in [0.29, 0.717) is 57.0 Å². The first-order chi connectivity index (χ1) is 31.0. The third kappa shape index (κ3) is 9.05. The van der Waals surface area contributed by atoms with Crippen molar-refractivity contribution in [2.75, 3.05) is 73.5 Å². The number of hydrogen-bond donors (Lipinski definition) is 3. The highest BCUT2D eigenvalue weighted by molar-refractivity contribution is 6.08. The van der Waals surface area contributed by atoms with Gasteiger partial charge in [-0.15, -0.1) is 0 Å². The van der Waals surface area contributed by atoms with Gasteiger partial charge in [-0.1, -0.05) is 45.9 Å². The number of carbonyl (C=O) groups is 5. The first-order valence-electron chi connectivity index (χ1n) is 22.9. The van der Waals surface area contributed by atoms with Crippen molar-refractivity contribution < 1.29 is 38.4 Å². The predicted octanol–water partition coefficient (Wildman–Crippen LogP) is -0.472. The number of aryl methyl sites for hydroxylation is 1. The molecule has 2 saturated heterocycles. The monoisotopic (exact) mass is 897 g/mol. The molecule has 4 aliphatic heterocycles. The molecule has 0 spiro atoms. The standard InChI is InChI=1S/C47H64N10O8/c1-8-29-30-13-10-11-14-34(30)50-41-31(29)25-56-36(41)23-33-32(43(56)60)27-64-46(63)47(33,9-2)65-45(62)40(28(3)4)51-42-35-15-12-17-55(35)44(61)37(24-38(49)58)57(42)39(59)26-54(7)22-21-53(6)20-19-52(5)18-16-48/h10-11,13-14,23,28,35,37,40H,8-9,12,15-22,24-27,48H2,1-7H3,(H2,49,58)/p+1/t35-,37-,40-,47-/m0/s1. The fourth-order valence-electron chi connectivity index (χ4n) is 9.87. The second-order valence-corrected chi connectivity index (χ2v) is 18.3. The van der Waals surface area contributed by atoms with Gasteiger partial charge in [0.15, 0.2) is 12.1 Å². The lowest BCUT2D eigenvalue weighted by Crippen LogP contribution is -2.90. The van der Waals surface area contributed by atoms with Crippen molar-refractivity contribution in [2.45, 2.75) is 96.7 Å². The molecule has 3 aromatic rings. The Balaban J connectivity index is 1.23. The number of cyclic esters (lactones) is 1. The summed E-state index contributed by atoms with van der Waals surface area (Å²) in [5, 5.41) is 1.01. The second kappa shape index (κ2) is 19.5. The van der Waals surface area contributed by atoms with Crippen molar-refractivity contribution in [1.29, 1.82) is 0 Å². The van der Waals surface area contributed by atoms with Gasteiger partial charge in [0.1, 0.15) is 19.2 Å². The summed E-state index contributed by atoms with van der Waals surface area (Å²) in [5.41, 5.74) is 13.5. The summed E-state index contributed by atoms with van der Waals surface area (Å²) in [6.07, 6.45) is 1.38. The molecule has 6 heterocycles. The number of hydrogen-bond acceptors (Lipinski definition) is 13. The van der Waals surface area contributed by atoms with Gasteiger partial charge in [-0.2, -0.15) is 4.90 Å². The number of nitrogens with one attached hydrogen (secondary N) is 1. The largest absolute Gasteiger partial charge is 0.457 e. The van der Waals surface area contributed by atoms with E-state index in [-0.39, 0.29) is 42.1 Å². The lowest BCUT2D eigenvalue weighted by Gasteiger charge is -2.39. The number of para-hydroxylation sites is 1. The third-order valence-electron chi connectivity index (χ3n) is 13.5. The highest BCUT2D eigenvalue weighted by Crippen LogP contribution is 2.42. The molecule has 7 rings (SSSR count). The average molecular weight is 898 g/mol. The third-order valence-corrected chi connectivity index (χ3v) is 13.5. The van der Waals surface area contributed by atoms with Crippen molar-refractivity contribution in [3.05, 3.63) is 62.9 Å². The van der Waals surface area contributed by atoms with E-state index in [9.17, 15) is 28.8 Å². The zero-order valence-electron chi connectivity index (χ0n) is 38.9. The summed E-state index contributed by atoms with van der Waals surface area (Å²) >= 11 is 0. The molecule has 4 aliphatic rings. The minimum Gasteiger partial charge on any atom is -0.457 e. The van der Waals surface area contributed by atoms with Gasteiger partial charge in [-0.3, -0.25) is 24.3 Å². The number of aromatic nitrogens is 2. The zero-order valence-corrected chi connectivity index (χ0v) is 38.9. The molecule has 18 nitrogen and oxygen atoms in total. The molecule has 350 valence electrons. The van der Waals surface area contributed by atoms with Crippen molar-refractivity contribution >= 4 is 46.4 Å². The minimum atomic E-state index is -1.99. The Labute approximate surface area is 379 Å². The summed E-state index contributed by atoms with van der Waals surface area (Å²) in [7, 11) is 5.84. The van der Waals surface area contributed by atoms with Crippen molar-refractivity contribution in [2.24, 2.45) is 17.4 Å². The molecule has 0 saturated carbocycles. The first kappa shape index (κ1) is 47.4.